The zero-order valence-corrected chi connectivity index (χ0v) is 26.8. The predicted molar refractivity (Wildman–Crippen MR) is 154 cm³/mol. The van der Waals surface area contributed by atoms with E-state index < -0.39 is 45.5 Å². The average molecular weight is 647 g/mol. The molecule has 2 saturated heterocycles. The zero-order chi connectivity index (χ0) is 32.1. The number of aromatic nitrogens is 1. The van der Waals surface area contributed by atoms with Gasteiger partial charge in [0.15, 0.2) is 4.80 Å². The number of ether oxygens (including phenoxy) is 2. The van der Waals surface area contributed by atoms with E-state index >= 15 is 0 Å². The Morgan fingerprint density at radius 1 is 1.05 bits per heavy atom. The van der Waals surface area contributed by atoms with Crippen LogP contribution in [0.1, 0.15) is 62.3 Å². The third kappa shape index (κ3) is 8.18. The van der Waals surface area contributed by atoms with Gasteiger partial charge in [-0.3, -0.25) is 4.79 Å². The molecule has 15 heteroatoms. The molecule has 1 aromatic carbocycles. The summed E-state index contributed by atoms with van der Waals surface area (Å²) in [6.45, 7) is 12.5. The van der Waals surface area contributed by atoms with Gasteiger partial charge < -0.3 is 18.9 Å². The molecule has 10 nitrogen and oxygen atoms in total. The molecule has 0 saturated carbocycles. The van der Waals surface area contributed by atoms with Crippen LogP contribution in [0.3, 0.4) is 0 Å². The van der Waals surface area contributed by atoms with Gasteiger partial charge in [0.2, 0.25) is 10.0 Å². The van der Waals surface area contributed by atoms with Crippen molar-refractivity contribution in [3.63, 3.8) is 0 Å². The van der Waals surface area contributed by atoms with Crippen LogP contribution in [0.4, 0.5) is 18.0 Å². The number of carbonyl (C=O) groups excluding carboxylic acids is 2. The molecule has 0 bridgehead atoms. The summed E-state index contributed by atoms with van der Waals surface area (Å²) in [4.78, 5) is 32.6. The van der Waals surface area contributed by atoms with Crippen LogP contribution in [0, 0.1) is 5.92 Å². The Labute approximate surface area is 253 Å². The number of halogens is 3. The number of hydrogen-bond donors (Lipinski definition) is 0. The zero-order valence-electron chi connectivity index (χ0n) is 25.2. The number of sulfonamides is 1. The lowest BCUT2D eigenvalue weighted by Crippen LogP contribution is -2.57. The second kappa shape index (κ2) is 11.5. The van der Waals surface area contributed by atoms with E-state index in [1.165, 1.54) is 20.5 Å². The van der Waals surface area contributed by atoms with Crippen molar-refractivity contribution in [2.75, 3.05) is 32.4 Å². The molecular weight excluding hydrogens is 609 g/mol. The fourth-order valence-electron chi connectivity index (χ4n) is 4.42. The maximum Gasteiger partial charge on any atom is 0.416 e. The third-order valence-corrected chi connectivity index (χ3v) is 9.52. The van der Waals surface area contributed by atoms with Crippen molar-refractivity contribution < 1.29 is 40.7 Å². The number of rotatable bonds is 6. The minimum atomic E-state index is -4.70. The van der Waals surface area contributed by atoms with Gasteiger partial charge >= 0.3 is 12.3 Å². The standard InChI is InChI=1S/C28H37F3N4O6S2/c1-26(2,3)22-16-33(11-17-12-35(13-17)43(7,38)39)24(42-22)32-23(36)20-10-18(28(29,30)31)8-9-21(20)40-19-14-34(15-19)25(37)41-27(4,5)6/h8-10,16-17,19H,11-15H2,1-7H3. The Bertz CT molecular complexity index is 1560. The highest BCUT2D eigenvalue weighted by Gasteiger charge is 2.37. The minimum absolute atomic E-state index is 0.00909. The van der Waals surface area contributed by atoms with Crippen molar-refractivity contribution in [2.24, 2.45) is 10.9 Å². The van der Waals surface area contributed by atoms with Crippen LogP contribution >= 0.6 is 11.3 Å². The summed E-state index contributed by atoms with van der Waals surface area (Å²) < 4.78 is 78.8. The molecule has 2 fully saturated rings. The Morgan fingerprint density at radius 2 is 1.67 bits per heavy atom. The molecule has 43 heavy (non-hydrogen) atoms. The third-order valence-electron chi connectivity index (χ3n) is 6.83. The SMILES string of the molecule is CC(C)(C)OC(=O)N1CC(Oc2ccc(C(F)(F)F)cc2C(=O)N=c2sc(C(C)(C)C)cn2CC2CN(S(C)(=O)=O)C2)C1. The van der Waals surface area contributed by atoms with E-state index in [4.69, 9.17) is 9.47 Å². The van der Waals surface area contributed by atoms with Crippen LogP contribution in [-0.4, -0.2) is 78.3 Å². The molecule has 3 heterocycles. The number of likely N-dealkylation sites (tertiary alicyclic amines) is 1. The normalized spacial score (nSPS) is 17.9. The highest BCUT2D eigenvalue weighted by molar-refractivity contribution is 7.88. The van der Waals surface area contributed by atoms with Gasteiger partial charge in [0.25, 0.3) is 5.91 Å². The minimum Gasteiger partial charge on any atom is -0.486 e. The van der Waals surface area contributed by atoms with E-state index in [1.807, 2.05) is 27.0 Å². The van der Waals surface area contributed by atoms with Crippen molar-refractivity contribution in [3.8, 4) is 5.75 Å². The maximum absolute atomic E-state index is 13.6. The lowest BCUT2D eigenvalue weighted by molar-refractivity contribution is -0.137. The summed E-state index contributed by atoms with van der Waals surface area (Å²) in [5.41, 5.74) is -2.35. The van der Waals surface area contributed by atoms with E-state index in [9.17, 15) is 31.2 Å². The Kier molecular flexibility index (Phi) is 8.86. The van der Waals surface area contributed by atoms with Gasteiger partial charge in [0.05, 0.1) is 30.5 Å². The summed E-state index contributed by atoms with van der Waals surface area (Å²) in [6, 6.07) is 2.66. The first-order valence-electron chi connectivity index (χ1n) is 13.7. The van der Waals surface area contributed by atoms with E-state index in [2.05, 4.69) is 4.99 Å². The van der Waals surface area contributed by atoms with Crippen LogP contribution in [-0.2, 0) is 32.9 Å². The average Bonchev–Trinajstić information content (AvgIpc) is 3.18. The number of alkyl halides is 3. The van der Waals surface area contributed by atoms with Gasteiger partial charge in [-0.2, -0.15) is 18.2 Å². The summed E-state index contributed by atoms with van der Waals surface area (Å²) in [5, 5.41) is 0. The van der Waals surface area contributed by atoms with Crippen molar-refractivity contribution in [2.45, 2.75) is 71.4 Å². The van der Waals surface area contributed by atoms with Crippen LogP contribution in [0.15, 0.2) is 29.4 Å². The monoisotopic (exact) mass is 646 g/mol. The highest BCUT2D eigenvalue weighted by Crippen LogP contribution is 2.34. The number of thiazole rings is 1. The van der Waals surface area contributed by atoms with Crippen LogP contribution in [0.2, 0.25) is 0 Å². The molecule has 2 aliphatic heterocycles. The topological polar surface area (TPSA) is 111 Å². The lowest BCUT2D eigenvalue weighted by atomic mass is 9.95. The van der Waals surface area contributed by atoms with Gasteiger partial charge in [-0.1, -0.05) is 20.8 Å². The van der Waals surface area contributed by atoms with Gasteiger partial charge in [0, 0.05) is 36.6 Å². The summed E-state index contributed by atoms with van der Waals surface area (Å²) in [6.07, 6.45) is -2.79. The van der Waals surface area contributed by atoms with E-state index in [0.29, 0.717) is 19.6 Å². The first kappa shape index (κ1) is 33.0. The molecule has 2 aromatic rings. The molecular formula is C28H37F3N4O6S2. The van der Waals surface area contributed by atoms with Crippen molar-refractivity contribution >= 4 is 33.4 Å². The van der Waals surface area contributed by atoms with Crippen molar-refractivity contribution in [3.05, 3.63) is 45.2 Å². The molecule has 0 atom stereocenters. The molecule has 0 aliphatic carbocycles. The van der Waals surface area contributed by atoms with Gasteiger partial charge in [-0.25, -0.2) is 17.5 Å². The van der Waals surface area contributed by atoms with Crippen LogP contribution < -0.4 is 9.54 Å². The fraction of sp³-hybridized carbons (Fsp3) is 0.607. The molecule has 4 rings (SSSR count). The first-order valence-corrected chi connectivity index (χ1v) is 16.4. The molecule has 2 amide bonds. The molecule has 2 aliphatic rings. The highest BCUT2D eigenvalue weighted by atomic mass is 32.2. The molecule has 238 valence electrons. The molecule has 0 unspecified atom stereocenters. The quantitative estimate of drug-likeness (QED) is 0.458. The van der Waals surface area contributed by atoms with Crippen molar-refractivity contribution in [1.82, 2.24) is 13.8 Å². The molecule has 1 aromatic heterocycles. The summed E-state index contributed by atoms with van der Waals surface area (Å²) in [7, 11) is -3.30. The maximum atomic E-state index is 13.6. The number of carbonyl (C=O) groups is 2. The fourth-order valence-corrected chi connectivity index (χ4v) is 6.44. The van der Waals surface area contributed by atoms with Gasteiger partial charge in [-0.15, -0.1) is 11.3 Å². The first-order chi connectivity index (χ1) is 19.6. The number of hydrogen-bond acceptors (Lipinski definition) is 7. The second-order valence-corrected chi connectivity index (χ2v) is 16.0. The van der Waals surface area contributed by atoms with Gasteiger partial charge in [-0.05, 0) is 44.4 Å². The number of nitrogens with zero attached hydrogens (tertiary/aromatic N) is 4. The summed E-state index contributed by atoms with van der Waals surface area (Å²) >= 11 is 1.25. The lowest BCUT2D eigenvalue weighted by Gasteiger charge is -2.39. The van der Waals surface area contributed by atoms with Crippen LogP contribution in [0.5, 0.6) is 5.75 Å². The molecule has 0 radical (unpaired) electrons. The predicted octanol–water partition coefficient (Wildman–Crippen LogP) is 4.50. The number of benzene rings is 1. The largest absolute Gasteiger partial charge is 0.486 e. The van der Waals surface area contributed by atoms with E-state index in [-0.39, 0.29) is 40.5 Å². The van der Waals surface area contributed by atoms with E-state index in [0.717, 1.165) is 29.3 Å². The van der Waals surface area contributed by atoms with Crippen molar-refractivity contribution in [1.29, 1.82) is 0 Å². The van der Waals surface area contributed by atoms with E-state index in [1.54, 1.807) is 25.3 Å². The molecule has 0 N–H and O–H groups in total. The smallest absolute Gasteiger partial charge is 0.416 e. The molecule has 0 spiro atoms. The Hall–Kier alpha value is -2.91. The summed E-state index contributed by atoms with van der Waals surface area (Å²) in [5.74, 6) is -0.991. The second-order valence-electron chi connectivity index (χ2n) is 13.0. The van der Waals surface area contributed by atoms with Gasteiger partial charge in [0.1, 0.15) is 17.5 Å². The Morgan fingerprint density at radius 3 is 2.21 bits per heavy atom. The Balaban J connectivity index is 1.61. The van der Waals surface area contributed by atoms with Crippen LogP contribution in [0.25, 0.3) is 0 Å². The number of amides is 2.